The van der Waals surface area contributed by atoms with Gasteiger partial charge >= 0.3 is 0 Å². The molecule has 0 radical (unpaired) electrons. The number of carbonyl (C=O) groups is 1. The van der Waals surface area contributed by atoms with Crippen LogP contribution in [-0.2, 0) is 11.3 Å². The Hall–Kier alpha value is -1.14. The van der Waals surface area contributed by atoms with Gasteiger partial charge in [-0.25, -0.2) is 0 Å². The van der Waals surface area contributed by atoms with Gasteiger partial charge in [-0.1, -0.05) is 6.92 Å². The summed E-state index contributed by atoms with van der Waals surface area (Å²) < 4.78 is 2.10. The molecule has 0 saturated heterocycles. The molecule has 1 unspecified atom stereocenters. The first-order valence-corrected chi connectivity index (χ1v) is 6.55. The first-order chi connectivity index (χ1) is 8.52. The van der Waals surface area contributed by atoms with Crippen molar-refractivity contribution in [2.45, 2.75) is 19.9 Å². The molecule has 6 heteroatoms. The molecule has 0 saturated carbocycles. The Morgan fingerprint density at radius 1 is 1.56 bits per heavy atom. The number of halogens is 1. The zero-order valence-corrected chi connectivity index (χ0v) is 11.8. The number of aliphatic hydroxyl groups excluding tert-OH is 1. The highest BCUT2D eigenvalue weighted by molar-refractivity contribution is 9.10. The lowest BCUT2D eigenvalue weighted by atomic mass is 10.1. The first kappa shape index (κ1) is 14.9. The smallest absolute Gasteiger partial charge is 0.251 e. The zero-order chi connectivity index (χ0) is 13.5. The standard InChI is InChI=1S/C12H17BrN2O3/c1-9(4-5-16)6-14-11(17)8-15-7-10(13)2-3-12(15)18/h2-3,7,9,16H,4-6,8H2,1H3,(H,14,17). The number of hydrogen-bond acceptors (Lipinski definition) is 3. The fourth-order valence-corrected chi connectivity index (χ4v) is 1.83. The Morgan fingerprint density at radius 2 is 2.28 bits per heavy atom. The highest BCUT2D eigenvalue weighted by Gasteiger charge is 2.07. The van der Waals surface area contributed by atoms with E-state index in [2.05, 4.69) is 21.2 Å². The van der Waals surface area contributed by atoms with Gasteiger partial charge in [0.1, 0.15) is 6.54 Å². The van der Waals surface area contributed by atoms with E-state index in [4.69, 9.17) is 5.11 Å². The second kappa shape index (κ2) is 7.33. The highest BCUT2D eigenvalue weighted by Crippen LogP contribution is 2.04. The number of carbonyl (C=O) groups excluding carboxylic acids is 1. The Bertz CT molecular complexity index is 459. The number of nitrogens with one attached hydrogen (secondary N) is 1. The van der Waals surface area contributed by atoms with Crippen LogP contribution in [0.2, 0.25) is 0 Å². The van der Waals surface area contributed by atoms with Crippen molar-refractivity contribution in [3.63, 3.8) is 0 Å². The third-order valence-electron chi connectivity index (χ3n) is 2.53. The van der Waals surface area contributed by atoms with Gasteiger partial charge in [-0.2, -0.15) is 0 Å². The maximum atomic E-state index is 11.6. The number of aromatic nitrogens is 1. The van der Waals surface area contributed by atoms with E-state index in [0.717, 1.165) is 4.47 Å². The van der Waals surface area contributed by atoms with Gasteiger partial charge in [0, 0.05) is 29.9 Å². The quantitative estimate of drug-likeness (QED) is 0.813. The largest absolute Gasteiger partial charge is 0.396 e. The minimum absolute atomic E-state index is 0.00409. The van der Waals surface area contributed by atoms with Crippen molar-refractivity contribution in [1.29, 1.82) is 0 Å². The Kier molecular flexibility index (Phi) is 6.07. The molecule has 1 aromatic heterocycles. The number of amides is 1. The molecule has 0 aliphatic carbocycles. The van der Waals surface area contributed by atoms with Gasteiger partial charge in [-0.15, -0.1) is 0 Å². The summed E-state index contributed by atoms with van der Waals surface area (Å²) in [4.78, 5) is 23.1. The van der Waals surface area contributed by atoms with E-state index in [-0.39, 0.29) is 30.5 Å². The van der Waals surface area contributed by atoms with Crippen molar-refractivity contribution < 1.29 is 9.90 Å². The first-order valence-electron chi connectivity index (χ1n) is 5.76. The van der Waals surface area contributed by atoms with Crippen LogP contribution in [0.15, 0.2) is 27.6 Å². The van der Waals surface area contributed by atoms with Crippen LogP contribution in [0.3, 0.4) is 0 Å². The number of pyridine rings is 1. The van der Waals surface area contributed by atoms with E-state index >= 15 is 0 Å². The molecule has 1 atom stereocenters. The van der Waals surface area contributed by atoms with Crippen molar-refractivity contribution in [3.05, 3.63) is 33.2 Å². The van der Waals surface area contributed by atoms with E-state index in [1.54, 1.807) is 12.3 Å². The molecule has 18 heavy (non-hydrogen) atoms. The summed E-state index contributed by atoms with van der Waals surface area (Å²) in [6, 6.07) is 3.05. The molecule has 0 aliphatic rings. The zero-order valence-electron chi connectivity index (χ0n) is 10.2. The van der Waals surface area contributed by atoms with Crippen molar-refractivity contribution in [2.75, 3.05) is 13.2 Å². The lowest BCUT2D eigenvalue weighted by molar-refractivity contribution is -0.121. The molecule has 1 rings (SSSR count). The molecular weight excluding hydrogens is 300 g/mol. The topological polar surface area (TPSA) is 71.3 Å². The van der Waals surface area contributed by atoms with Gasteiger partial charge in [-0.05, 0) is 34.3 Å². The second-order valence-electron chi connectivity index (χ2n) is 4.23. The normalized spacial score (nSPS) is 12.2. The van der Waals surface area contributed by atoms with Crippen LogP contribution in [0.25, 0.3) is 0 Å². The summed E-state index contributed by atoms with van der Waals surface area (Å²) in [6.45, 7) is 2.57. The minimum atomic E-state index is -0.211. The van der Waals surface area contributed by atoms with Gasteiger partial charge in [0.05, 0.1) is 0 Å². The van der Waals surface area contributed by atoms with Crippen molar-refractivity contribution >= 4 is 21.8 Å². The minimum Gasteiger partial charge on any atom is -0.396 e. The van der Waals surface area contributed by atoms with Crippen molar-refractivity contribution in [1.82, 2.24) is 9.88 Å². The number of nitrogens with zero attached hydrogens (tertiary/aromatic N) is 1. The molecular formula is C12H17BrN2O3. The fraction of sp³-hybridized carbons (Fsp3) is 0.500. The monoisotopic (exact) mass is 316 g/mol. The molecule has 1 amide bonds. The maximum absolute atomic E-state index is 11.6. The van der Waals surface area contributed by atoms with Crippen LogP contribution in [0.4, 0.5) is 0 Å². The van der Waals surface area contributed by atoms with Crippen LogP contribution < -0.4 is 10.9 Å². The molecule has 0 bridgehead atoms. The number of rotatable bonds is 6. The highest BCUT2D eigenvalue weighted by atomic mass is 79.9. The molecule has 0 spiro atoms. The predicted octanol–water partition coefficient (Wildman–Crippen LogP) is 0.745. The van der Waals surface area contributed by atoms with Gasteiger partial charge in [0.2, 0.25) is 5.91 Å². The van der Waals surface area contributed by atoms with Crippen LogP contribution in [0.1, 0.15) is 13.3 Å². The molecule has 100 valence electrons. The fourth-order valence-electron chi connectivity index (χ4n) is 1.45. The lowest BCUT2D eigenvalue weighted by Crippen LogP contribution is -2.34. The molecule has 0 fully saturated rings. The second-order valence-corrected chi connectivity index (χ2v) is 5.15. The van der Waals surface area contributed by atoms with Crippen LogP contribution >= 0.6 is 15.9 Å². The van der Waals surface area contributed by atoms with Gasteiger partial charge in [-0.3, -0.25) is 9.59 Å². The van der Waals surface area contributed by atoms with Crippen molar-refractivity contribution in [2.24, 2.45) is 5.92 Å². The third kappa shape index (κ3) is 5.01. The third-order valence-corrected chi connectivity index (χ3v) is 3.00. The molecule has 1 heterocycles. The van der Waals surface area contributed by atoms with Gasteiger partial charge in [0.15, 0.2) is 0 Å². The van der Waals surface area contributed by atoms with E-state index in [9.17, 15) is 9.59 Å². The lowest BCUT2D eigenvalue weighted by Gasteiger charge is -2.12. The molecule has 0 aromatic carbocycles. The maximum Gasteiger partial charge on any atom is 0.251 e. The average Bonchev–Trinajstić information content (AvgIpc) is 2.32. The Balaban J connectivity index is 2.49. The van der Waals surface area contributed by atoms with Crippen LogP contribution in [0, 0.1) is 5.92 Å². The molecule has 0 aliphatic heterocycles. The SMILES string of the molecule is CC(CCO)CNC(=O)Cn1cc(Br)ccc1=O. The summed E-state index contributed by atoms with van der Waals surface area (Å²) in [6.07, 6.45) is 2.23. The Labute approximate surface area is 114 Å². The summed E-state index contributed by atoms with van der Waals surface area (Å²) in [5.41, 5.74) is -0.211. The van der Waals surface area contributed by atoms with E-state index in [1.165, 1.54) is 10.6 Å². The summed E-state index contributed by atoms with van der Waals surface area (Å²) in [7, 11) is 0. The summed E-state index contributed by atoms with van der Waals surface area (Å²) in [5.74, 6) is 0.0122. The molecule has 2 N–H and O–H groups in total. The van der Waals surface area contributed by atoms with Crippen molar-refractivity contribution in [3.8, 4) is 0 Å². The van der Waals surface area contributed by atoms with Crippen LogP contribution in [-0.4, -0.2) is 28.7 Å². The summed E-state index contributed by atoms with van der Waals surface area (Å²) in [5, 5.41) is 11.5. The van der Waals surface area contributed by atoms with E-state index in [1.807, 2.05) is 6.92 Å². The molecule has 5 nitrogen and oxygen atoms in total. The number of hydrogen-bond donors (Lipinski definition) is 2. The molecule has 1 aromatic rings. The summed E-state index contributed by atoms with van der Waals surface area (Å²) >= 11 is 3.25. The number of aliphatic hydroxyl groups is 1. The van der Waals surface area contributed by atoms with Gasteiger partial charge < -0.3 is 15.0 Å². The van der Waals surface area contributed by atoms with Gasteiger partial charge in [0.25, 0.3) is 5.56 Å². The van der Waals surface area contributed by atoms with E-state index in [0.29, 0.717) is 13.0 Å². The average molecular weight is 317 g/mol. The van der Waals surface area contributed by atoms with E-state index < -0.39 is 0 Å². The predicted molar refractivity (Wildman–Crippen MR) is 72.3 cm³/mol. The van der Waals surface area contributed by atoms with Crippen LogP contribution in [0.5, 0.6) is 0 Å². The Morgan fingerprint density at radius 3 is 2.94 bits per heavy atom.